The Morgan fingerprint density at radius 2 is 2.19 bits per heavy atom. The second-order valence-electron chi connectivity index (χ2n) is 4.86. The average Bonchev–Trinajstić information content (AvgIpc) is 3.15. The predicted octanol–water partition coefficient (Wildman–Crippen LogP) is 2.47. The lowest BCUT2D eigenvalue weighted by atomic mass is 9.98. The molecule has 16 heavy (non-hydrogen) atoms. The van der Waals surface area contributed by atoms with Gasteiger partial charge in [-0.15, -0.1) is 0 Å². The summed E-state index contributed by atoms with van der Waals surface area (Å²) in [6.07, 6.45) is 8.36. The first kappa shape index (κ1) is 10.1. The van der Waals surface area contributed by atoms with Crippen molar-refractivity contribution in [3.05, 3.63) is 23.9 Å². The Hall–Kier alpha value is -1.09. The highest BCUT2D eigenvalue weighted by Crippen LogP contribution is 2.31. The highest BCUT2D eigenvalue weighted by Gasteiger charge is 2.24. The third-order valence-electron chi connectivity index (χ3n) is 3.44. The van der Waals surface area contributed by atoms with E-state index < -0.39 is 0 Å². The smallest absolute Gasteiger partial charge is 0.130 e. The number of hydrogen-bond acceptors (Lipinski definition) is 3. The van der Waals surface area contributed by atoms with Gasteiger partial charge in [-0.2, -0.15) is 0 Å². The van der Waals surface area contributed by atoms with Gasteiger partial charge in [0.25, 0.3) is 0 Å². The second kappa shape index (κ2) is 4.42. The monoisotopic (exact) mass is 217 g/mol. The van der Waals surface area contributed by atoms with Crippen LogP contribution in [0.1, 0.15) is 43.7 Å². The van der Waals surface area contributed by atoms with Gasteiger partial charge in [0.2, 0.25) is 0 Å². The Balaban J connectivity index is 1.79. The number of nitrogens with one attached hydrogen (secondary N) is 2. The van der Waals surface area contributed by atoms with Gasteiger partial charge in [-0.3, -0.25) is 0 Å². The molecular formula is C13H19N3. The fraction of sp³-hybridized carbons (Fsp3) is 0.615. The molecule has 0 radical (unpaired) electrons. The molecule has 2 N–H and O–H groups in total. The molecule has 3 heteroatoms. The lowest BCUT2D eigenvalue weighted by Crippen LogP contribution is -2.27. The topological polar surface area (TPSA) is 37.0 Å². The SMILES string of the molecule is c1cnc(NC2CC2)c([C@@H]2CCCCN2)c1. The van der Waals surface area contributed by atoms with Gasteiger partial charge in [0.15, 0.2) is 0 Å². The van der Waals surface area contributed by atoms with E-state index >= 15 is 0 Å². The number of piperidine rings is 1. The number of pyridine rings is 1. The minimum atomic E-state index is 0.503. The molecule has 1 aromatic heterocycles. The van der Waals surface area contributed by atoms with Crippen molar-refractivity contribution >= 4 is 5.82 Å². The quantitative estimate of drug-likeness (QED) is 0.816. The van der Waals surface area contributed by atoms with E-state index in [1.54, 1.807) is 0 Å². The Morgan fingerprint density at radius 1 is 1.25 bits per heavy atom. The molecule has 2 fully saturated rings. The Morgan fingerprint density at radius 3 is 2.94 bits per heavy atom. The summed E-state index contributed by atoms with van der Waals surface area (Å²) in [5, 5.41) is 7.12. The maximum absolute atomic E-state index is 4.48. The largest absolute Gasteiger partial charge is 0.367 e. The molecule has 0 aromatic carbocycles. The van der Waals surface area contributed by atoms with Gasteiger partial charge in [-0.1, -0.05) is 12.5 Å². The molecule has 1 saturated carbocycles. The maximum Gasteiger partial charge on any atom is 0.130 e. The summed E-state index contributed by atoms with van der Waals surface area (Å²) in [6.45, 7) is 1.14. The lowest BCUT2D eigenvalue weighted by molar-refractivity contribution is 0.412. The zero-order valence-electron chi connectivity index (χ0n) is 9.58. The van der Waals surface area contributed by atoms with E-state index in [-0.39, 0.29) is 0 Å². The van der Waals surface area contributed by atoms with Crippen molar-refractivity contribution in [3.8, 4) is 0 Å². The predicted molar refractivity (Wildman–Crippen MR) is 65.5 cm³/mol. The molecule has 3 nitrogen and oxygen atoms in total. The molecule has 0 unspecified atom stereocenters. The van der Waals surface area contributed by atoms with Crippen LogP contribution in [0, 0.1) is 0 Å². The van der Waals surface area contributed by atoms with Gasteiger partial charge in [0.1, 0.15) is 5.82 Å². The van der Waals surface area contributed by atoms with E-state index in [1.165, 1.54) is 37.7 Å². The highest BCUT2D eigenvalue weighted by molar-refractivity contribution is 5.47. The van der Waals surface area contributed by atoms with Crippen molar-refractivity contribution in [1.29, 1.82) is 0 Å². The summed E-state index contributed by atoms with van der Waals surface area (Å²) in [5.41, 5.74) is 1.36. The third kappa shape index (κ3) is 2.19. The number of aromatic nitrogens is 1. The van der Waals surface area contributed by atoms with Crippen LogP contribution in [0.3, 0.4) is 0 Å². The molecule has 1 aliphatic carbocycles. The van der Waals surface area contributed by atoms with Crippen molar-refractivity contribution in [3.63, 3.8) is 0 Å². The van der Waals surface area contributed by atoms with Crippen LogP contribution in [-0.4, -0.2) is 17.6 Å². The van der Waals surface area contributed by atoms with Crippen molar-refractivity contribution in [2.75, 3.05) is 11.9 Å². The number of rotatable bonds is 3. The van der Waals surface area contributed by atoms with Gasteiger partial charge in [-0.05, 0) is 38.3 Å². The summed E-state index contributed by atoms with van der Waals surface area (Å²) in [5.74, 6) is 1.10. The first-order valence-corrected chi connectivity index (χ1v) is 6.38. The van der Waals surface area contributed by atoms with Crippen LogP contribution in [-0.2, 0) is 0 Å². The van der Waals surface area contributed by atoms with Crippen LogP contribution in [0.4, 0.5) is 5.82 Å². The zero-order valence-corrected chi connectivity index (χ0v) is 9.58. The maximum atomic E-state index is 4.48. The molecule has 2 aliphatic rings. The van der Waals surface area contributed by atoms with E-state index in [4.69, 9.17) is 0 Å². The molecule has 0 amide bonds. The van der Waals surface area contributed by atoms with Crippen molar-refractivity contribution in [2.24, 2.45) is 0 Å². The van der Waals surface area contributed by atoms with Crippen LogP contribution in [0.15, 0.2) is 18.3 Å². The molecule has 0 bridgehead atoms. The molecule has 1 aliphatic heterocycles. The standard InChI is InChI=1S/C13H19N3/c1-2-8-14-12(5-1)11-4-3-9-15-13(11)16-10-6-7-10/h3-4,9-10,12,14H,1-2,5-8H2,(H,15,16)/t12-/m0/s1. The summed E-state index contributed by atoms with van der Waals surface area (Å²) in [7, 11) is 0. The van der Waals surface area contributed by atoms with Gasteiger partial charge in [0.05, 0.1) is 0 Å². The first-order valence-electron chi connectivity index (χ1n) is 6.38. The van der Waals surface area contributed by atoms with E-state index in [0.29, 0.717) is 12.1 Å². The van der Waals surface area contributed by atoms with Crippen LogP contribution in [0.25, 0.3) is 0 Å². The first-order chi connectivity index (χ1) is 7.93. The Labute approximate surface area is 96.7 Å². The van der Waals surface area contributed by atoms with Crippen LogP contribution >= 0.6 is 0 Å². The fourth-order valence-corrected chi connectivity index (χ4v) is 2.36. The second-order valence-corrected chi connectivity index (χ2v) is 4.86. The van der Waals surface area contributed by atoms with Crippen LogP contribution < -0.4 is 10.6 Å². The molecular weight excluding hydrogens is 198 g/mol. The summed E-state index contributed by atoms with van der Waals surface area (Å²) in [4.78, 5) is 4.48. The molecule has 1 saturated heterocycles. The van der Waals surface area contributed by atoms with Crippen molar-refractivity contribution in [1.82, 2.24) is 10.3 Å². The lowest BCUT2D eigenvalue weighted by Gasteiger charge is -2.25. The van der Waals surface area contributed by atoms with Crippen LogP contribution in [0.2, 0.25) is 0 Å². The summed E-state index contributed by atoms with van der Waals surface area (Å²) in [6, 6.07) is 5.44. The Bertz CT molecular complexity index is 354. The van der Waals surface area contributed by atoms with Crippen molar-refractivity contribution in [2.45, 2.75) is 44.2 Å². The van der Waals surface area contributed by atoms with E-state index in [2.05, 4.69) is 21.7 Å². The average molecular weight is 217 g/mol. The van der Waals surface area contributed by atoms with Gasteiger partial charge < -0.3 is 10.6 Å². The number of nitrogens with zero attached hydrogens (tertiary/aromatic N) is 1. The van der Waals surface area contributed by atoms with E-state index in [0.717, 1.165) is 12.4 Å². The minimum absolute atomic E-state index is 0.503. The van der Waals surface area contributed by atoms with Crippen LogP contribution in [0.5, 0.6) is 0 Å². The molecule has 1 aromatic rings. The Kier molecular flexibility index (Phi) is 2.79. The minimum Gasteiger partial charge on any atom is -0.367 e. The van der Waals surface area contributed by atoms with Gasteiger partial charge >= 0.3 is 0 Å². The molecule has 0 spiro atoms. The van der Waals surface area contributed by atoms with E-state index in [1.807, 2.05) is 12.3 Å². The molecule has 2 heterocycles. The normalized spacial score (nSPS) is 25.4. The number of hydrogen-bond donors (Lipinski definition) is 2. The van der Waals surface area contributed by atoms with E-state index in [9.17, 15) is 0 Å². The highest BCUT2D eigenvalue weighted by atomic mass is 15.0. The molecule has 86 valence electrons. The molecule has 3 rings (SSSR count). The number of anilines is 1. The fourth-order valence-electron chi connectivity index (χ4n) is 2.36. The van der Waals surface area contributed by atoms with Gasteiger partial charge in [0, 0.05) is 23.8 Å². The summed E-state index contributed by atoms with van der Waals surface area (Å²) < 4.78 is 0. The zero-order chi connectivity index (χ0) is 10.8. The summed E-state index contributed by atoms with van der Waals surface area (Å²) >= 11 is 0. The van der Waals surface area contributed by atoms with Crippen molar-refractivity contribution < 1.29 is 0 Å². The third-order valence-corrected chi connectivity index (χ3v) is 3.44. The van der Waals surface area contributed by atoms with Gasteiger partial charge in [-0.25, -0.2) is 4.98 Å². The molecule has 1 atom stereocenters.